The first-order valence-corrected chi connectivity index (χ1v) is 5.25. The van der Waals surface area contributed by atoms with Crippen LogP contribution < -0.4 is 4.90 Å². The van der Waals surface area contributed by atoms with Gasteiger partial charge in [0.2, 0.25) is 0 Å². The first kappa shape index (κ1) is 12.9. The summed E-state index contributed by atoms with van der Waals surface area (Å²) in [6.07, 6.45) is 0.622. The standard InChI is InChI=1S/C12H17F2NO/c1-8(16)4-5-9-6-7-10(13)11(14)12(9)15(2)3/h6-8,16H,4-5H2,1-3H3. The molecule has 16 heavy (non-hydrogen) atoms. The highest BCUT2D eigenvalue weighted by atomic mass is 19.2. The molecule has 0 saturated carbocycles. The van der Waals surface area contributed by atoms with Gasteiger partial charge in [0, 0.05) is 14.1 Å². The average Bonchev–Trinajstić information content (AvgIpc) is 2.19. The molecule has 0 fully saturated rings. The van der Waals surface area contributed by atoms with E-state index >= 15 is 0 Å². The number of aliphatic hydroxyl groups excluding tert-OH is 1. The van der Waals surface area contributed by atoms with Crippen LogP contribution in [0.1, 0.15) is 18.9 Å². The number of benzene rings is 1. The number of hydrogen-bond acceptors (Lipinski definition) is 2. The quantitative estimate of drug-likeness (QED) is 0.856. The second-order valence-electron chi connectivity index (χ2n) is 4.15. The van der Waals surface area contributed by atoms with Gasteiger partial charge in [-0.05, 0) is 31.4 Å². The van der Waals surface area contributed by atoms with Crippen LogP contribution in [0.2, 0.25) is 0 Å². The van der Waals surface area contributed by atoms with Crippen molar-refractivity contribution in [1.29, 1.82) is 0 Å². The fraction of sp³-hybridized carbons (Fsp3) is 0.500. The molecule has 1 atom stereocenters. The maximum atomic E-state index is 13.6. The molecule has 1 aromatic carbocycles. The smallest absolute Gasteiger partial charge is 0.182 e. The first-order chi connectivity index (χ1) is 7.43. The largest absolute Gasteiger partial charge is 0.393 e. The minimum atomic E-state index is -0.843. The second-order valence-corrected chi connectivity index (χ2v) is 4.15. The van der Waals surface area contributed by atoms with Crippen LogP contribution in [0.4, 0.5) is 14.5 Å². The Labute approximate surface area is 94.5 Å². The van der Waals surface area contributed by atoms with Gasteiger partial charge in [0.05, 0.1) is 11.8 Å². The lowest BCUT2D eigenvalue weighted by Crippen LogP contribution is -2.15. The highest BCUT2D eigenvalue weighted by molar-refractivity contribution is 5.54. The minimum Gasteiger partial charge on any atom is -0.393 e. The molecule has 0 spiro atoms. The SMILES string of the molecule is CC(O)CCc1ccc(F)c(F)c1N(C)C. The van der Waals surface area contributed by atoms with E-state index in [1.54, 1.807) is 32.0 Å². The second kappa shape index (κ2) is 5.25. The van der Waals surface area contributed by atoms with Crippen LogP contribution >= 0.6 is 0 Å². The van der Waals surface area contributed by atoms with Crippen LogP contribution in [0.5, 0.6) is 0 Å². The van der Waals surface area contributed by atoms with E-state index in [0.29, 0.717) is 18.4 Å². The van der Waals surface area contributed by atoms with Crippen LogP contribution in [-0.4, -0.2) is 25.3 Å². The molecule has 0 aliphatic heterocycles. The van der Waals surface area contributed by atoms with Gasteiger partial charge in [-0.15, -0.1) is 0 Å². The van der Waals surface area contributed by atoms with Crippen molar-refractivity contribution in [3.05, 3.63) is 29.3 Å². The summed E-state index contributed by atoms with van der Waals surface area (Å²) in [4.78, 5) is 1.55. The Morgan fingerprint density at radius 1 is 1.31 bits per heavy atom. The van der Waals surface area contributed by atoms with Crippen molar-refractivity contribution in [3.8, 4) is 0 Å². The topological polar surface area (TPSA) is 23.5 Å². The molecule has 0 radical (unpaired) electrons. The molecule has 0 saturated heterocycles. The van der Waals surface area contributed by atoms with E-state index in [0.717, 1.165) is 6.07 Å². The maximum Gasteiger partial charge on any atom is 0.182 e. The van der Waals surface area contributed by atoms with E-state index in [9.17, 15) is 13.9 Å². The highest BCUT2D eigenvalue weighted by Crippen LogP contribution is 2.26. The van der Waals surface area contributed by atoms with E-state index in [-0.39, 0.29) is 5.69 Å². The van der Waals surface area contributed by atoms with Crippen molar-refractivity contribution in [3.63, 3.8) is 0 Å². The van der Waals surface area contributed by atoms with Gasteiger partial charge in [-0.25, -0.2) is 8.78 Å². The molecule has 2 nitrogen and oxygen atoms in total. The maximum absolute atomic E-state index is 13.6. The summed E-state index contributed by atoms with van der Waals surface area (Å²) >= 11 is 0. The van der Waals surface area contributed by atoms with Crippen molar-refractivity contribution in [2.45, 2.75) is 25.9 Å². The molecule has 0 aromatic heterocycles. The fourth-order valence-electron chi connectivity index (χ4n) is 1.63. The summed E-state index contributed by atoms with van der Waals surface area (Å²) in [7, 11) is 3.34. The monoisotopic (exact) mass is 229 g/mol. The van der Waals surface area contributed by atoms with Gasteiger partial charge in [-0.2, -0.15) is 0 Å². The zero-order chi connectivity index (χ0) is 12.3. The van der Waals surface area contributed by atoms with E-state index in [2.05, 4.69) is 0 Å². The molecule has 0 heterocycles. The van der Waals surface area contributed by atoms with Crippen molar-refractivity contribution in [2.75, 3.05) is 19.0 Å². The van der Waals surface area contributed by atoms with E-state index < -0.39 is 17.7 Å². The minimum absolute atomic E-state index is 0.264. The molecular formula is C12H17F2NO. The molecule has 1 N–H and O–H groups in total. The zero-order valence-electron chi connectivity index (χ0n) is 9.80. The third-order valence-electron chi connectivity index (χ3n) is 2.43. The molecule has 90 valence electrons. The zero-order valence-corrected chi connectivity index (χ0v) is 9.80. The molecule has 0 aliphatic carbocycles. The van der Waals surface area contributed by atoms with Crippen molar-refractivity contribution in [1.82, 2.24) is 0 Å². The summed E-state index contributed by atoms with van der Waals surface area (Å²) in [6.45, 7) is 1.68. The van der Waals surface area contributed by atoms with Crippen molar-refractivity contribution in [2.24, 2.45) is 0 Å². The number of nitrogens with zero attached hydrogens (tertiary/aromatic N) is 1. The molecule has 0 amide bonds. The number of rotatable bonds is 4. The van der Waals surface area contributed by atoms with Crippen LogP contribution in [0.15, 0.2) is 12.1 Å². The third-order valence-corrected chi connectivity index (χ3v) is 2.43. The Bertz CT molecular complexity index is 364. The molecule has 4 heteroatoms. The molecule has 0 aliphatic rings. The molecule has 1 aromatic rings. The summed E-state index contributed by atoms with van der Waals surface area (Å²) in [5.41, 5.74) is 0.977. The first-order valence-electron chi connectivity index (χ1n) is 5.25. The Morgan fingerprint density at radius 2 is 1.94 bits per heavy atom. The third kappa shape index (κ3) is 2.92. The van der Waals surface area contributed by atoms with Gasteiger partial charge in [-0.3, -0.25) is 0 Å². The molecule has 1 unspecified atom stereocenters. The van der Waals surface area contributed by atoms with Gasteiger partial charge >= 0.3 is 0 Å². The number of aryl methyl sites for hydroxylation is 1. The average molecular weight is 229 g/mol. The number of anilines is 1. The summed E-state index contributed by atoms with van der Waals surface area (Å²) in [6, 6.07) is 2.69. The Hall–Kier alpha value is -1.16. The van der Waals surface area contributed by atoms with Crippen molar-refractivity contribution >= 4 is 5.69 Å². The van der Waals surface area contributed by atoms with Gasteiger partial charge in [0.15, 0.2) is 11.6 Å². The van der Waals surface area contributed by atoms with E-state index in [4.69, 9.17) is 0 Å². The van der Waals surface area contributed by atoms with Crippen LogP contribution in [0.25, 0.3) is 0 Å². The van der Waals surface area contributed by atoms with Gasteiger partial charge in [0.1, 0.15) is 0 Å². The number of hydrogen-bond donors (Lipinski definition) is 1. The lowest BCUT2D eigenvalue weighted by molar-refractivity contribution is 0.185. The Morgan fingerprint density at radius 3 is 2.44 bits per heavy atom. The predicted octanol–water partition coefficient (Wildman–Crippen LogP) is 2.34. The molecule has 0 bridgehead atoms. The Balaban J connectivity index is 3.03. The van der Waals surface area contributed by atoms with Gasteiger partial charge < -0.3 is 10.0 Å². The molecule has 1 rings (SSSR count). The van der Waals surface area contributed by atoms with Gasteiger partial charge in [0.25, 0.3) is 0 Å². The predicted molar refractivity (Wildman–Crippen MR) is 60.7 cm³/mol. The highest BCUT2D eigenvalue weighted by Gasteiger charge is 2.15. The summed E-state index contributed by atoms with van der Waals surface area (Å²) in [5, 5.41) is 9.19. The summed E-state index contributed by atoms with van der Waals surface area (Å²) in [5.74, 6) is -1.67. The lowest BCUT2D eigenvalue weighted by Gasteiger charge is -2.19. The van der Waals surface area contributed by atoms with E-state index in [1.165, 1.54) is 0 Å². The van der Waals surface area contributed by atoms with E-state index in [1.807, 2.05) is 0 Å². The summed E-state index contributed by atoms with van der Waals surface area (Å²) < 4.78 is 26.6. The Kier molecular flexibility index (Phi) is 4.24. The number of aliphatic hydroxyl groups is 1. The fourth-order valence-corrected chi connectivity index (χ4v) is 1.63. The van der Waals surface area contributed by atoms with Crippen molar-refractivity contribution < 1.29 is 13.9 Å². The normalized spacial score (nSPS) is 12.6. The van der Waals surface area contributed by atoms with Crippen LogP contribution in [0, 0.1) is 11.6 Å². The van der Waals surface area contributed by atoms with Crippen LogP contribution in [0.3, 0.4) is 0 Å². The van der Waals surface area contributed by atoms with Gasteiger partial charge in [-0.1, -0.05) is 6.07 Å². The van der Waals surface area contributed by atoms with Crippen LogP contribution in [-0.2, 0) is 6.42 Å². The number of halogens is 2. The molecular weight excluding hydrogens is 212 g/mol. The lowest BCUT2D eigenvalue weighted by atomic mass is 10.0.